The van der Waals surface area contributed by atoms with E-state index in [0.29, 0.717) is 0 Å². The van der Waals surface area contributed by atoms with Crippen LogP contribution in [0, 0.1) is 12.8 Å². The van der Waals surface area contributed by atoms with Gasteiger partial charge in [0.25, 0.3) is 0 Å². The normalized spacial score (nSPS) is 9.50. The molecule has 0 bridgehead atoms. The van der Waals surface area contributed by atoms with Crippen molar-refractivity contribution in [3.8, 4) is 0 Å². The molecule has 1 aromatic heterocycles. The van der Waals surface area contributed by atoms with E-state index in [1.165, 1.54) is 12.8 Å². The molecule has 1 heterocycles. The van der Waals surface area contributed by atoms with E-state index in [0.717, 1.165) is 31.0 Å². The van der Waals surface area contributed by atoms with Crippen molar-refractivity contribution in [1.29, 1.82) is 0 Å². The van der Waals surface area contributed by atoms with Crippen molar-refractivity contribution in [2.45, 2.75) is 40.0 Å². The van der Waals surface area contributed by atoms with Gasteiger partial charge in [-0.25, -0.2) is 0 Å². The minimum Gasteiger partial charge on any atom is -0.359 e. The van der Waals surface area contributed by atoms with Crippen LogP contribution in [0.4, 0.5) is 0 Å². The van der Waals surface area contributed by atoms with Gasteiger partial charge in [0.15, 0.2) is 0 Å². The highest BCUT2D eigenvalue weighted by Gasteiger charge is 1.92. The van der Waals surface area contributed by atoms with E-state index in [4.69, 9.17) is 0 Å². The molecule has 0 aromatic carbocycles. The van der Waals surface area contributed by atoms with E-state index < -0.39 is 0 Å². The highest BCUT2D eigenvalue weighted by atomic mass is 32.1. The molecule has 3 nitrogen and oxygen atoms in total. The molecule has 1 N–H and O–H groups in total. The van der Waals surface area contributed by atoms with Gasteiger partial charge in [0.2, 0.25) is 6.41 Å². The number of aromatic nitrogens is 1. The maximum atomic E-state index is 9.79. The van der Waals surface area contributed by atoms with E-state index in [-0.39, 0.29) is 0 Å². The van der Waals surface area contributed by atoms with Gasteiger partial charge in [0, 0.05) is 17.6 Å². The number of carbonyl (C=O) groups excluding carboxylic acids is 1. The molecule has 4 heteroatoms. The summed E-state index contributed by atoms with van der Waals surface area (Å²) in [7, 11) is 0. The highest BCUT2D eigenvalue weighted by molar-refractivity contribution is 7.07. The Hall–Kier alpha value is -0.900. The first kappa shape index (κ1) is 15.1. The van der Waals surface area contributed by atoms with Gasteiger partial charge in [0.05, 0.1) is 5.51 Å². The summed E-state index contributed by atoms with van der Waals surface area (Å²) in [6.07, 6.45) is 4.35. The molecule has 92 valence electrons. The molecule has 0 saturated heterocycles. The molecule has 1 aromatic rings. The number of thiazole rings is 1. The third-order valence-corrected chi connectivity index (χ3v) is 2.70. The van der Waals surface area contributed by atoms with E-state index >= 15 is 0 Å². The first-order chi connectivity index (χ1) is 7.66. The fourth-order valence-corrected chi connectivity index (χ4v) is 1.66. The molecular weight excluding hydrogens is 220 g/mol. The fourth-order valence-electron chi connectivity index (χ4n) is 1.11. The maximum absolute atomic E-state index is 9.79. The molecule has 1 amide bonds. The number of unbranched alkanes of at least 4 members (excludes halogenated alkanes) is 1. The summed E-state index contributed by atoms with van der Waals surface area (Å²) in [6, 6.07) is 0. The van der Waals surface area contributed by atoms with Crippen LogP contribution in [0.25, 0.3) is 0 Å². The quantitative estimate of drug-likeness (QED) is 0.615. The van der Waals surface area contributed by atoms with Crippen molar-refractivity contribution in [1.82, 2.24) is 10.3 Å². The van der Waals surface area contributed by atoms with E-state index in [2.05, 4.69) is 24.1 Å². The predicted octanol–water partition coefficient (Wildman–Crippen LogP) is 3.01. The number of hydrogen-bond donors (Lipinski definition) is 1. The van der Waals surface area contributed by atoms with Crippen LogP contribution in [0.3, 0.4) is 0 Å². The number of hydrogen-bond acceptors (Lipinski definition) is 3. The molecule has 0 fully saturated rings. The zero-order valence-electron chi connectivity index (χ0n) is 10.4. The molecule has 0 spiro atoms. The Balaban J connectivity index is 0.000000315. The third kappa shape index (κ3) is 11.2. The molecule has 1 rings (SSSR count). The zero-order valence-corrected chi connectivity index (χ0v) is 11.2. The molecule has 0 unspecified atom stereocenters. The first-order valence-corrected chi connectivity index (χ1v) is 6.63. The highest BCUT2D eigenvalue weighted by Crippen LogP contribution is 2.04. The lowest BCUT2D eigenvalue weighted by molar-refractivity contribution is -0.109. The molecule has 0 saturated carbocycles. The van der Waals surface area contributed by atoms with Crippen LogP contribution in [0.2, 0.25) is 0 Å². The van der Waals surface area contributed by atoms with Crippen LogP contribution in [0.15, 0.2) is 10.9 Å². The van der Waals surface area contributed by atoms with Gasteiger partial charge in [-0.2, -0.15) is 0 Å². The van der Waals surface area contributed by atoms with Gasteiger partial charge in [-0.1, -0.05) is 26.7 Å². The van der Waals surface area contributed by atoms with Crippen LogP contribution >= 0.6 is 11.3 Å². The largest absolute Gasteiger partial charge is 0.359 e. The average molecular weight is 242 g/mol. The van der Waals surface area contributed by atoms with Gasteiger partial charge in [-0.3, -0.25) is 9.78 Å². The molecule has 0 radical (unpaired) electrons. The number of rotatable bonds is 6. The Morgan fingerprint density at radius 1 is 1.50 bits per heavy atom. The average Bonchev–Trinajstić information content (AvgIpc) is 2.69. The summed E-state index contributed by atoms with van der Waals surface area (Å²) in [6.45, 7) is 7.24. The van der Waals surface area contributed by atoms with E-state index in [9.17, 15) is 4.79 Å². The van der Waals surface area contributed by atoms with Gasteiger partial charge >= 0.3 is 0 Å². The first-order valence-electron chi connectivity index (χ1n) is 5.68. The van der Waals surface area contributed by atoms with Gasteiger partial charge in [-0.15, -0.1) is 11.3 Å². The van der Waals surface area contributed by atoms with Gasteiger partial charge in [-0.05, 0) is 19.3 Å². The monoisotopic (exact) mass is 242 g/mol. The number of amides is 1. The lowest BCUT2D eigenvalue weighted by Gasteiger charge is -2.02. The second kappa shape index (κ2) is 10.6. The summed E-state index contributed by atoms with van der Waals surface area (Å²) in [4.78, 5) is 13.7. The molecule has 16 heavy (non-hydrogen) atoms. The van der Waals surface area contributed by atoms with Gasteiger partial charge < -0.3 is 5.32 Å². The van der Waals surface area contributed by atoms with Crippen molar-refractivity contribution >= 4 is 17.7 Å². The summed E-state index contributed by atoms with van der Waals surface area (Å²) in [5.74, 6) is 0.788. The standard InChI is InChI=1S/C8H17NO.C4H5NS/c1-8(2)5-3-4-6-9-7-10;1-4-2-6-3-5-4/h7-8H,3-6H2,1-2H3,(H,9,10);2-3H,1H3. The molecule has 0 aliphatic heterocycles. The summed E-state index contributed by atoms with van der Waals surface area (Å²) in [5.41, 5.74) is 2.94. The molecular formula is C12H22N2OS. The SMILES string of the molecule is CC(C)CCCCNC=O.Cc1cscn1. The van der Waals surface area contributed by atoms with Gasteiger partial charge in [0.1, 0.15) is 0 Å². The lowest BCUT2D eigenvalue weighted by atomic mass is 10.1. The van der Waals surface area contributed by atoms with E-state index in [1.807, 2.05) is 17.8 Å². The van der Waals surface area contributed by atoms with Crippen LogP contribution in [-0.4, -0.2) is 17.9 Å². The van der Waals surface area contributed by atoms with Crippen molar-refractivity contribution < 1.29 is 4.79 Å². The minimum absolute atomic E-state index is 0.759. The number of nitrogens with zero attached hydrogens (tertiary/aromatic N) is 1. The van der Waals surface area contributed by atoms with Crippen molar-refractivity contribution in [3.05, 3.63) is 16.6 Å². The maximum Gasteiger partial charge on any atom is 0.207 e. The van der Waals surface area contributed by atoms with Crippen LogP contribution in [0.5, 0.6) is 0 Å². The Morgan fingerprint density at radius 2 is 2.25 bits per heavy atom. The Labute approximate surface area is 102 Å². The van der Waals surface area contributed by atoms with Crippen molar-refractivity contribution in [3.63, 3.8) is 0 Å². The Bertz CT molecular complexity index is 248. The van der Waals surface area contributed by atoms with Crippen molar-refractivity contribution in [2.75, 3.05) is 6.54 Å². The summed E-state index contributed by atoms with van der Waals surface area (Å²) in [5, 5.41) is 4.66. The number of nitrogens with one attached hydrogen (secondary N) is 1. The molecule has 0 aliphatic carbocycles. The summed E-state index contributed by atoms with van der Waals surface area (Å²) < 4.78 is 0. The molecule has 0 atom stereocenters. The Morgan fingerprint density at radius 3 is 2.62 bits per heavy atom. The second-order valence-corrected chi connectivity index (χ2v) is 4.81. The van der Waals surface area contributed by atoms with Crippen molar-refractivity contribution in [2.24, 2.45) is 5.92 Å². The Kier molecular flexibility index (Phi) is 10.0. The van der Waals surface area contributed by atoms with Crippen LogP contribution < -0.4 is 5.32 Å². The predicted molar refractivity (Wildman–Crippen MR) is 69.6 cm³/mol. The van der Waals surface area contributed by atoms with Crippen LogP contribution in [-0.2, 0) is 4.79 Å². The fraction of sp³-hybridized carbons (Fsp3) is 0.667. The third-order valence-electron chi connectivity index (χ3n) is 1.99. The topological polar surface area (TPSA) is 42.0 Å². The smallest absolute Gasteiger partial charge is 0.207 e. The van der Waals surface area contributed by atoms with Crippen LogP contribution in [0.1, 0.15) is 38.8 Å². The number of carbonyl (C=O) groups is 1. The summed E-state index contributed by atoms with van der Waals surface area (Å²) >= 11 is 1.63. The van der Waals surface area contributed by atoms with E-state index in [1.54, 1.807) is 11.3 Å². The zero-order chi connectivity index (χ0) is 12.2. The number of aryl methyl sites for hydroxylation is 1. The minimum atomic E-state index is 0.759. The lowest BCUT2D eigenvalue weighted by Crippen LogP contribution is -2.11. The molecule has 0 aliphatic rings. The second-order valence-electron chi connectivity index (χ2n) is 4.09.